The van der Waals surface area contributed by atoms with E-state index in [4.69, 9.17) is 9.47 Å². The number of amides is 1. The predicted molar refractivity (Wildman–Crippen MR) is 105 cm³/mol. The minimum absolute atomic E-state index is 0.190. The van der Waals surface area contributed by atoms with Crippen molar-refractivity contribution < 1.29 is 14.3 Å². The van der Waals surface area contributed by atoms with E-state index in [0.29, 0.717) is 12.5 Å². The van der Waals surface area contributed by atoms with Crippen molar-refractivity contribution in [2.45, 2.75) is 58.0 Å². The van der Waals surface area contributed by atoms with Gasteiger partial charge in [-0.05, 0) is 69.7 Å². The molecule has 5 nitrogen and oxygen atoms in total. The van der Waals surface area contributed by atoms with Crippen LogP contribution in [0.3, 0.4) is 0 Å². The summed E-state index contributed by atoms with van der Waals surface area (Å²) >= 11 is 0. The topological polar surface area (TPSA) is 50.8 Å². The Morgan fingerprint density at radius 1 is 1.26 bits per heavy atom. The van der Waals surface area contributed by atoms with Gasteiger partial charge in [0.25, 0.3) is 0 Å². The lowest BCUT2D eigenvalue weighted by atomic mass is 9.62. The molecule has 0 aliphatic carbocycles. The fraction of sp³-hybridized carbons (Fsp3) is 0.682. The molecule has 2 saturated heterocycles. The highest BCUT2D eigenvalue weighted by atomic mass is 16.6. The van der Waals surface area contributed by atoms with Crippen LogP contribution in [0.25, 0.3) is 0 Å². The normalized spacial score (nSPS) is 24.4. The summed E-state index contributed by atoms with van der Waals surface area (Å²) < 4.78 is 11.7. The Morgan fingerprint density at radius 3 is 2.78 bits per heavy atom. The van der Waals surface area contributed by atoms with Crippen LogP contribution in [0, 0.1) is 5.41 Å². The molecule has 1 atom stereocenters. The molecule has 1 aromatic carbocycles. The number of hydrogen-bond donors (Lipinski definition) is 1. The molecule has 1 aromatic rings. The number of benzene rings is 1. The third kappa shape index (κ3) is 3.66. The third-order valence-corrected chi connectivity index (χ3v) is 6.39. The molecule has 3 aliphatic heterocycles. The van der Waals surface area contributed by atoms with E-state index in [0.717, 1.165) is 57.7 Å². The second-order valence-electron chi connectivity index (χ2n) is 9.28. The second-order valence-corrected chi connectivity index (χ2v) is 9.28. The fourth-order valence-electron chi connectivity index (χ4n) is 5.00. The SMILES string of the molecule is CC(C)(C)OC(=O)N1CCC2(CCNCC2)C(c2cccc3c2OCC3)C1. The average molecular weight is 373 g/mol. The van der Waals surface area contributed by atoms with Crippen LogP contribution in [0.4, 0.5) is 4.79 Å². The fourth-order valence-corrected chi connectivity index (χ4v) is 5.00. The summed E-state index contributed by atoms with van der Waals surface area (Å²) in [5.74, 6) is 1.38. The lowest BCUT2D eigenvalue weighted by Gasteiger charge is -2.50. The number of rotatable bonds is 1. The summed E-state index contributed by atoms with van der Waals surface area (Å²) in [4.78, 5) is 14.7. The first kappa shape index (κ1) is 18.6. The maximum atomic E-state index is 12.8. The Morgan fingerprint density at radius 2 is 2.04 bits per heavy atom. The number of carbonyl (C=O) groups excluding carboxylic acids is 1. The zero-order valence-electron chi connectivity index (χ0n) is 16.8. The highest BCUT2D eigenvalue weighted by Crippen LogP contribution is 2.52. The average Bonchev–Trinajstić information content (AvgIpc) is 3.10. The maximum Gasteiger partial charge on any atom is 0.410 e. The first-order chi connectivity index (χ1) is 12.9. The van der Waals surface area contributed by atoms with Crippen molar-refractivity contribution in [2.24, 2.45) is 5.41 Å². The van der Waals surface area contributed by atoms with Crippen LogP contribution in [0.5, 0.6) is 5.75 Å². The van der Waals surface area contributed by atoms with Gasteiger partial charge in [0.05, 0.1) is 6.61 Å². The first-order valence-corrected chi connectivity index (χ1v) is 10.3. The minimum atomic E-state index is -0.465. The van der Waals surface area contributed by atoms with Gasteiger partial charge < -0.3 is 19.7 Å². The number of carbonyl (C=O) groups is 1. The highest BCUT2D eigenvalue weighted by molar-refractivity contribution is 5.68. The Hall–Kier alpha value is -1.75. The molecule has 1 N–H and O–H groups in total. The van der Waals surface area contributed by atoms with Gasteiger partial charge >= 0.3 is 6.09 Å². The van der Waals surface area contributed by atoms with Gasteiger partial charge in [-0.2, -0.15) is 0 Å². The molecular weight excluding hydrogens is 340 g/mol. The molecular formula is C22H32N2O3. The molecule has 0 aromatic heterocycles. The van der Waals surface area contributed by atoms with Gasteiger partial charge in [0.1, 0.15) is 11.4 Å². The zero-order chi connectivity index (χ0) is 19.1. The molecule has 148 valence electrons. The Balaban J connectivity index is 1.65. The van der Waals surface area contributed by atoms with Gasteiger partial charge in [0.2, 0.25) is 0 Å². The van der Waals surface area contributed by atoms with Crippen molar-refractivity contribution in [3.8, 4) is 5.75 Å². The molecule has 1 unspecified atom stereocenters. The molecule has 27 heavy (non-hydrogen) atoms. The Kier molecular flexibility index (Phi) is 4.83. The number of fused-ring (bicyclic) bond motifs is 1. The summed E-state index contributed by atoms with van der Waals surface area (Å²) in [7, 11) is 0. The van der Waals surface area contributed by atoms with E-state index in [2.05, 4.69) is 23.5 Å². The lowest BCUT2D eigenvalue weighted by Crippen LogP contribution is -2.52. The van der Waals surface area contributed by atoms with Gasteiger partial charge in [0.15, 0.2) is 0 Å². The number of nitrogens with zero attached hydrogens (tertiary/aromatic N) is 1. The smallest absolute Gasteiger partial charge is 0.410 e. The van der Waals surface area contributed by atoms with Gasteiger partial charge in [-0.25, -0.2) is 4.79 Å². The molecule has 2 fully saturated rings. The Bertz CT molecular complexity index is 704. The van der Waals surface area contributed by atoms with Crippen LogP contribution in [0.2, 0.25) is 0 Å². The summed E-state index contributed by atoms with van der Waals surface area (Å²) in [5.41, 5.74) is 2.38. The molecule has 1 amide bonds. The van der Waals surface area contributed by atoms with Crippen LogP contribution < -0.4 is 10.1 Å². The largest absolute Gasteiger partial charge is 0.493 e. The van der Waals surface area contributed by atoms with E-state index in [1.807, 2.05) is 25.7 Å². The summed E-state index contributed by atoms with van der Waals surface area (Å²) in [5, 5.41) is 3.51. The van der Waals surface area contributed by atoms with Crippen LogP contribution in [0.1, 0.15) is 57.1 Å². The van der Waals surface area contributed by atoms with E-state index in [1.165, 1.54) is 11.1 Å². The van der Waals surface area contributed by atoms with Crippen molar-refractivity contribution in [1.29, 1.82) is 0 Å². The quantitative estimate of drug-likeness (QED) is 0.816. The molecule has 3 heterocycles. The molecule has 3 aliphatic rings. The van der Waals surface area contributed by atoms with E-state index < -0.39 is 5.60 Å². The molecule has 4 rings (SSSR count). The Labute approximate surface area is 162 Å². The molecule has 0 radical (unpaired) electrons. The monoisotopic (exact) mass is 372 g/mol. The van der Waals surface area contributed by atoms with Crippen molar-refractivity contribution >= 4 is 6.09 Å². The zero-order valence-corrected chi connectivity index (χ0v) is 16.8. The van der Waals surface area contributed by atoms with Gasteiger partial charge in [-0.3, -0.25) is 0 Å². The van der Waals surface area contributed by atoms with Crippen LogP contribution in [0.15, 0.2) is 18.2 Å². The van der Waals surface area contributed by atoms with E-state index in [1.54, 1.807) is 0 Å². The van der Waals surface area contributed by atoms with E-state index in [-0.39, 0.29) is 11.5 Å². The number of hydrogen-bond acceptors (Lipinski definition) is 4. The van der Waals surface area contributed by atoms with Gasteiger partial charge in [-0.1, -0.05) is 18.2 Å². The summed E-state index contributed by atoms with van der Waals surface area (Å²) in [6.07, 6.45) is 4.14. The van der Waals surface area contributed by atoms with E-state index in [9.17, 15) is 4.79 Å². The lowest BCUT2D eigenvalue weighted by molar-refractivity contribution is -0.00270. The summed E-state index contributed by atoms with van der Waals surface area (Å²) in [6.45, 7) is 10.2. The van der Waals surface area contributed by atoms with Crippen molar-refractivity contribution in [1.82, 2.24) is 10.2 Å². The van der Waals surface area contributed by atoms with E-state index >= 15 is 0 Å². The number of likely N-dealkylation sites (tertiary alicyclic amines) is 1. The number of piperidine rings is 2. The van der Waals surface area contributed by atoms with Gasteiger partial charge in [0, 0.05) is 25.4 Å². The first-order valence-electron chi connectivity index (χ1n) is 10.3. The molecule has 0 bridgehead atoms. The number of nitrogens with one attached hydrogen (secondary N) is 1. The number of ether oxygens (including phenoxy) is 2. The second kappa shape index (κ2) is 7.01. The molecule has 5 heteroatoms. The van der Waals surface area contributed by atoms with Crippen LogP contribution in [-0.2, 0) is 11.2 Å². The van der Waals surface area contributed by atoms with Crippen molar-refractivity contribution in [3.05, 3.63) is 29.3 Å². The maximum absolute atomic E-state index is 12.8. The van der Waals surface area contributed by atoms with Crippen LogP contribution >= 0.6 is 0 Å². The van der Waals surface area contributed by atoms with Crippen LogP contribution in [-0.4, -0.2) is 49.4 Å². The highest BCUT2D eigenvalue weighted by Gasteiger charge is 2.47. The minimum Gasteiger partial charge on any atom is -0.493 e. The molecule has 1 spiro atoms. The van der Waals surface area contributed by atoms with Crippen molar-refractivity contribution in [3.63, 3.8) is 0 Å². The summed E-state index contributed by atoms with van der Waals surface area (Å²) in [6, 6.07) is 6.55. The molecule has 0 saturated carbocycles. The van der Waals surface area contributed by atoms with Gasteiger partial charge in [-0.15, -0.1) is 0 Å². The third-order valence-electron chi connectivity index (χ3n) is 6.39. The predicted octanol–water partition coefficient (Wildman–Crippen LogP) is 3.72. The standard InChI is InChI=1S/C22H32N2O3/c1-21(2,3)27-20(25)24-13-10-22(8-11-23-12-9-22)18(15-24)17-6-4-5-16-7-14-26-19(16)17/h4-6,18,23H,7-15H2,1-3H3. The van der Waals surface area contributed by atoms with Crippen molar-refractivity contribution in [2.75, 3.05) is 32.8 Å². The number of para-hydroxylation sites is 1.